The SMILES string of the molecule is O=C(O)c1ccccc1C(=O)NCc1ccc(CNC(=O)c2ccccc2C(=O)O)cc1. The zero-order valence-corrected chi connectivity index (χ0v) is 16.9. The van der Waals surface area contributed by atoms with Crippen molar-refractivity contribution in [3.63, 3.8) is 0 Å². The number of aromatic carboxylic acids is 2. The van der Waals surface area contributed by atoms with Crippen LogP contribution in [-0.2, 0) is 13.1 Å². The topological polar surface area (TPSA) is 133 Å². The molecule has 0 bridgehead atoms. The molecule has 8 heteroatoms. The summed E-state index contributed by atoms with van der Waals surface area (Å²) in [6, 6.07) is 19.0. The Labute approximate surface area is 183 Å². The van der Waals surface area contributed by atoms with E-state index in [1.165, 1.54) is 24.3 Å². The van der Waals surface area contributed by atoms with Crippen LogP contribution in [0.2, 0.25) is 0 Å². The molecular weight excluding hydrogens is 412 g/mol. The predicted molar refractivity (Wildman–Crippen MR) is 116 cm³/mol. The molecule has 8 nitrogen and oxygen atoms in total. The molecule has 3 aromatic rings. The van der Waals surface area contributed by atoms with Gasteiger partial charge in [-0.15, -0.1) is 0 Å². The van der Waals surface area contributed by atoms with E-state index >= 15 is 0 Å². The van der Waals surface area contributed by atoms with E-state index < -0.39 is 23.8 Å². The third kappa shape index (κ3) is 5.37. The number of hydrogen-bond acceptors (Lipinski definition) is 4. The summed E-state index contributed by atoms with van der Waals surface area (Å²) in [5.74, 6) is -3.32. The third-order valence-corrected chi connectivity index (χ3v) is 4.73. The van der Waals surface area contributed by atoms with Crippen LogP contribution in [0.15, 0.2) is 72.8 Å². The van der Waals surface area contributed by atoms with Crippen molar-refractivity contribution in [3.8, 4) is 0 Å². The maximum atomic E-state index is 12.3. The minimum Gasteiger partial charge on any atom is -0.478 e. The molecule has 0 aliphatic carbocycles. The molecule has 0 fully saturated rings. The molecule has 3 aromatic carbocycles. The van der Waals surface area contributed by atoms with Gasteiger partial charge in [-0.25, -0.2) is 9.59 Å². The van der Waals surface area contributed by atoms with Gasteiger partial charge in [0, 0.05) is 13.1 Å². The van der Waals surface area contributed by atoms with Crippen LogP contribution >= 0.6 is 0 Å². The molecule has 0 aliphatic rings. The average Bonchev–Trinajstić information content (AvgIpc) is 2.81. The smallest absolute Gasteiger partial charge is 0.336 e. The number of rotatable bonds is 8. The number of amides is 2. The lowest BCUT2D eigenvalue weighted by molar-refractivity contribution is 0.0682. The van der Waals surface area contributed by atoms with Crippen LogP contribution in [0.5, 0.6) is 0 Å². The fourth-order valence-electron chi connectivity index (χ4n) is 3.07. The Kier molecular flexibility index (Phi) is 6.97. The van der Waals surface area contributed by atoms with Crippen LogP contribution < -0.4 is 10.6 Å². The highest BCUT2D eigenvalue weighted by Crippen LogP contribution is 2.11. The monoisotopic (exact) mass is 432 g/mol. The minimum atomic E-state index is -1.17. The van der Waals surface area contributed by atoms with E-state index in [1.54, 1.807) is 48.5 Å². The number of hydrogen-bond donors (Lipinski definition) is 4. The van der Waals surface area contributed by atoms with Gasteiger partial charge in [0.2, 0.25) is 0 Å². The summed E-state index contributed by atoms with van der Waals surface area (Å²) in [7, 11) is 0. The van der Waals surface area contributed by atoms with Crippen LogP contribution in [0.4, 0.5) is 0 Å². The van der Waals surface area contributed by atoms with Gasteiger partial charge in [0.25, 0.3) is 11.8 Å². The largest absolute Gasteiger partial charge is 0.478 e. The van der Waals surface area contributed by atoms with E-state index in [-0.39, 0.29) is 35.3 Å². The first-order valence-electron chi connectivity index (χ1n) is 9.65. The number of carboxylic acids is 2. The summed E-state index contributed by atoms with van der Waals surface area (Å²) >= 11 is 0. The zero-order valence-electron chi connectivity index (χ0n) is 16.9. The van der Waals surface area contributed by atoms with Gasteiger partial charge in [-0.2, -0.15) is 0 Å². The number of nitrogens with one attached hydrogen (secondary N) is 2. The Morgan fingerprint density at radius 3 is 1.16 bits per heavy atom. The quantitative estimate of drug-likeness (QED) is 0.433. The maximum absolute atomic E-state index is 12.3. The first-order chi connectivity index (χ1) is 15.4. The van der Waals surface area contributed by atoms with Crippen LogP contribution in [0, 0.1) is 0 Å². The third-order valence-electron chi connectivity index (χ3n) is 4.73. The fraction of sp³-hybridized carbons (Fsp3) is 0.0833. The number of carbonyl (C=O) groups excluding carboxylic acids is 2. The molecule has 32 heavy (non-hydrogen) atoms. The van der Waals surface area contributed by atoms with E-state index in [4.69, 9.17) is 0 Å². The second-order valence-electron chi connectivity index (χ2n) is 6.88. The van der Waals surface area contributed by atoms with E-state index in [2.05, 4.69) is 10.6 Å². The molecule has 0 radical (unpaired) electrons. The van der Waals surface area contributed by atoms with Gasteiger partial charge < -0.3 is 20.8 Å². The summed E-state index contributed by atoms with van der Waals surface area (Å²) in [5, 5.41) is 23.8. The highest BCUT2D eigenvalue weighted by Gasteiger charge is 2.16. The molecule has 0 saturated heterocycles. The lowest BCUT2D eigenvalue weighted by Gasteiger charge is -2.10. The number of carbonyl (C=O) groups is 4. The molecule has 3 rings (SSSR count). The molecule has 0 atom stereocenters. The Balaban J connectivity index is 1.57. The Morgan fingerprint density at radius 2 is 0.844 bits per heavy atom. The van der Waals surface area contributed by atoms with Crippen LogP contribution in [-0.4, -0.2) is 34.0 Å². The standard InChI is InChI=1S/C24H20N2O6/c27-21(17-5-1-3-7-19(17)23(29)30)25-13-15-9-11-16(12-10-15)14-26-22(28)18-6-2-4-8-20(18)24(31)32/h1-12H,13-14H2,(H,25,27)(H,26,28)(H,29,30)(H,31,32). The van der Waals surface area contributed by atoms with Gasteiger partial charge in [-0.3, -0.25) is 9.59 Å². The summed E-state index contributed by atoms with van der Waals surface area (Å²) in [5.41, 5.74) is 1.61. The summed E-state index contributed by atoms with van der Waals surface area (Å²) in [6.07, 6.45) is 0. The van der Waals surface area contributed by atoms with Crippen molar-refractivity contribution in [2.45, 2.75) is 13.1 Å². The van der Waals surface area contributed by atoms with Crippen LogP contribution in [0.1, 0.15) is 52.6 Å². The maximum Gasteiger partial charge on any atom is 0.336 e. The normalized spacial score (nSPS) is 10.2. The molecule has 0 unspecified atom stereocenters. The Hall–Kier alpha value is -4.46. The molecule has 162 valence electrons. The molecule has 0 aromatic heterocycles. The lowest BCUT2D eigenvalue weighted by Crippen LogP contribution is -2.25. The minimum absolute atomic E-state index is 0.0689. The van der Waals surface area contributed by atoms with Crippen molar-refractivity contribution in [2.24, 2.45) is 0 Å². The lowest BCUT2D eigenvalue weighted by atomic mass is 10.1. The Morgan fingerprint density at radius 1 is 0.531 bits per heavy atom. The average molecular weight is 432 g/mol. The van der Waals surface area contributed by atoms with Crippen molar-refractivity contribution < 1.29 is 29.4 Å². The second-order valence-corrected chi connectivity index (χ2v) is 6.88. The molecular formula is C24H20N2O6. The van der Waals surface area contributed by atoms with Crippen LogP contribution in [0.3, 0.4) is 0 Å². The van der Waals surface area contributed by atoms with E-state index in [1.807, 2.05) is 0 Å². The first-order valence-corrected chi connectivity index (χ1v) is 9.65. The first kappa shape index (κ1) is 22.2. The highest BCUT2D eigenvalue weighted by atomic mass is 16.4. The van der Waals surface area contributed by atoms with Crippen molar-refractivity contribution in [1.82, 2.24) is 10.6 Å². The molecule has 0 aliphatic heterocycles. The summed E-state index contributed by atoms with van der Waals surface area (Å²) in [4.78, 5) is 47.2. The van der Waals surface area contributed by atoms with E-state index in [9.17, 15) is 29.4 Å². The van der Waals surface area contributed by atoms with Crippen molar-refractivity contribution in [2.75, 3.05) is 0 Å². The zero-order chi connectivity index (χ0) is 23.1. The summed E-state index contributed by atoms with van der Waals surface area (Å²) < 4.78 is 0. The number of carboxylic acid groups (broad SMARTS) is 2. The molecule has 0 heterocycles. The van der Waals surface area contributed by atoms with Gasteiger partial charge >= 0.3 is 11.9 Å². The van der Waals surface area contributed by atoms with Gasteiger partial charge in [0.15, 0.2) is 0 Å². The second kappa shape index (κ2) is 10.0. The van der Waals surface area contributed by atoms with Crippen molar-refractivity contribution in [3.05, 3.63) is 106 Å². The number of benzene rings is 3. The Bertz CT molecular complexity index is 1080. The van der Waals surface area contributed by atoms with Gasteiger partial charge in [0.1, 0.15) is 0 Å². The molecule has 4 N–H and O–H groups in total. The highest BCUT2D eigenvalue weighted by molar-refractivity contribution is 6.05. The van der Waals surface area contributed by atoms with Crippen molar-refractivity contribution >= 4 is 23.8 Å². The fourth-order valence-corrected chi connectivity index (χ4v) is 3.07. The molecule has 0 spiro atoms. The van der Waals surface area contributed by atoms with Gasteiger partial charge in [-0.05, 0) is 35.4 Å². The van der Waals surface area contributed by atoms with E-state index in [0.717, 1.165) is 11.1 Å². The van der Waals surface area contributed by atoms with Gasteiger partial charge in [0.05, 0.1) is 22.3 Å². The van der Waals surface area contributed by atoms with Crippen LogP contribution in [0.25, 0.3) is 0 Å². The van der Waals surface area contributed by atoms with Gasteiger partial charge in [-0.1, -0.05) is 48.5 Å². The molecule has 2 amide bonds. The summed E-state index contributed by atoms with van der Waals surface area (Å²) in [6.45, 7) is 0.400. The van der Waals surface area contributed by atoms with Crippen molar-refractivity contribution in [1.29, 1.82) is 0 Å². The predicted octanol–water partition coefficient (Wildman–Crippen LogP) is 2.94. The molecule has 0 saturated carbocycles. The van der Waals surface area contributed by atoms with E-state index in [0.29, 0.717) is 0 Å².